The number of sulfone groups is 1. The van der Waals surface area contributed by atoms with Crippen LogP contribution in [-0.4, -0.2) is 27.4 Å². The fraction of sp³-hybridized carbons (Fsp3) is 0.350. The number of rotatable bonds is 7. The molecule has 1 heterocycles. The van der Waals surface area contributed by atoms with E-state index < -0.39 is 9.84 Å². The molecule has 1 atom stereocenters. The van der Waals surface area contributed by atoms with Crippen molar-refractivity contribution >= 4 is 21.4 Å². The third-order valence-corrected chi connectivity index (χ3v) is 6.29. The van der Waals surface area contributed by atoms with Crippen LogP contribution in [-0.2, 0) is 26.1 Å². The van der Waals surface area contributed by atoms with Gasteiger partial charge >= 0.3 is 0 Å². The molecule has 26 heavy (non-hydrogen) atoms. The second-order valence-electron chi connectivity index (χ2n) is 6.91. The van der Waals surface area contributed by atoms with Crippen LogP contribution in [0, 0.1) is 11.8 Å². The van der Waals surface area contributed by atoms with Crippen LogP contribution in [0.25, 0.3) is 0 Å². The van der Waals surface area contributed by atoms with Gasteiger partial charge in [0.15, 0.2) is 9.84 Å². The van der Waals surface area contributed by atoms with Crippen LogP contribution in [0.3, 0.4) is 0 Å². The van der Waals surface area contributed by atoms with E-state index in [-0.39, 0.29) is 23.3 Å². The molecular weight excluding hydrogens is 348 g/mol. The molecule has 1 fully saturated rings. The number of carbonyl (C=O) groups excluding carboxylic acids is 1. The normalized spacial score (nSPS) is 15.9. The maximum atomic E-state index is 12.5. The molecule has 1 aliphatic heterocycles. The summed E-state index contributed by atoms with van der Waals surface area (Å²) in [5.41, 5.74) is 2.10. The molecule has 2 aromatic rings. The van der Waals surface area contributed by atoms with Gasteiger partial charge in [0.1, 0.15) is 0 Å². The second kappa shape index (κ2) is 8.01. The van der Waals surface area contributed by atoms with E-state index in [1.165, 1.54) is 0 Å². The molecule has 0 aliphatic carbocycles. The average molecular weight is 372 g/mol. The first kappa shape index (κ1) is 18.6. The van der Waals surface area contributed by atoms with Gasteiger partial charge in [-0.05, 0) is 42.3 Å². The number of amides is 1. The van der Waals surface area contributed by atoms with Crippen LogP contribution in [0.5, 0.6) is 0 Å². The van der Waals surface area contributed by atoms with Gasteiger partial charge in [-0.3, -0.25) is 4.79 Å². The zero-order chi connectivity index (χ0) is 18.6. The lowest BCUT2D eigenvalue weighted by atomic mass is 9.88. The Balaban J connectivity index is 1.64. The highest BCUT2D eigenvalue weighted by Crippen LogP contribution is 2.20. The maximum Gasteiger partial charge on any atom is 0.227 e. The highest BCUT2D eigenvalue weighted by Gasteiger charge is 2.28. The van der Waals surface area contributed by atoms with Crippen molar-refractivity contribution in [2.45, 2.75) is 18.4 Å². The minimum absolute atomic E-state index is 0.0101. The van der Waals surface area contributed by atoms with Crippen LogP contribution in [0.4, 0.5) is 5.69 Å². The molecular formula is C20H24N2O3S. The van der Waals surface area contributed by atoms with Crippen molar-refractivity contribution in [3.8, 4) is 0 Å². The number of carbonyl (C=O) groups is 1. The van der Waals surface area contributed by atoms with Crippen molar-refractivity contribution in [3.05, 3.63) is 65.7 Å². The van der Waals surface area contributed by atoms with Gasteiger partial charge in [0, 0.05) is 11.6 Å². The number of benzene rings is 2. The van der Waals surface area contributed by atoms with Gasteiger partial charge in [-0.25, -0.2) is 8.42 Å². The summed E-state index contributed by atoms with van der Waals surface area (Å²) in [5.74, 6) is 0.232. The van der Waals surface area contributed by atoms with Crippen LogP contribution in [0.2, 0.25) is 0 Å². The van der Waals surface area contributed by atoms with Crippen LogP contribution < -0.4 is 10.6 Å². The van der Waals surface area contributed by atoms with E-state index in [2.05, 4.69) is 10.6 Å². The standard InChI is InChI=1S/C20H24N2O3S/c1-15(18-11-21-12-18)20(23)22-19-9-5-8-17(10-19)14-26(24,25)13-16-6-3-2-4-7-16/h2-10,15,18,21H,11-14H2,1H3,(H,22,23). The lowest BCUT2D eigenvalue weighted by molar-refractivity contribution is -0.121. The molecule has 0 spiro atoms. The number of hydrogen-bond donors (Lipinski definition) is 2. The fourth-order valence-electron chi connectivity index (χ4n) is 3.01. The first-order valence-corrected chi connectivity index (χ1v) is 10.6. The molecule has 0 aromatic heterocycles. The Morgan fingerprint density at radius 2 is 1.73 bits per heavy atom. The predicted molar refractivity (Wildman–Crippen MR) is 103 cm³/mol. The molecule has 1 saturated heterocycles. The van der Waals surface area contributed by atoms with Gasteiger partial charge in [0.25, 0.3) is 0 Å². The van der Waals surface area contributed by atoms with Crippen molar-refractivity contribution in [1.82, 2.24) is 5.32 Å². The summed E-state index contributed by atoms with van der Waals surface area (Å²) in [6.07, 6.45) is 0. The molecule has 0 bridgehead atoms. The summed E-state index contributed by atoms with van der Waals surface area (Å²) in [6, 6.07) is 16.2. The molecule has 138 valence electrons. The van der Waals surface area contributed by atoms with E-state index in [4.69, 9.17) is 0 Å². The summed E-state index contributed by atoms with van der Waals surface area (Å²) < 4.78 is 24.9. The van der Waals surface area contributed by atoms with Crippen LogP contribution in [0.15, 0.2) is 54.6 Å². The first-order chi connectivity index (χ1) is 12.4. The van der Waals surface area contributed by atoms with Crippen molar-refractivity contribution in [1.29, 1.82) is 0 Å². The van der Waals surface area contributed by atoms with E-state index in [1.807, 2.05) is 37.3 Å². The Hall–Kier alpha value is -2.18. The molecule has 2 N–H and O–H groups in total. The zero-order valence-electron chi connectivity index (χ0n) is 14.8. The minimum Gasteiger partial charge on any atom is -0.326 e. The summed E-state index contributed by atoms with van der Waals surface area (Å²) in [6.45, 7) is 3.66. The monoisotopic (exact) mass is 372 g/mol. The van der Waals surface area contributed by atoms with E-state index in [0.717, 1.165) is 18.7 Å². The third kappa shape index (κ3) is 4.93. The number of nitrogens with one attached hydrogen (secondary N) is 2. The molecule has 0 saturated carbocycles. The fourth-order valence-corrected chi connectivity index (χ4v) is 4.50. The molecule has 1 amide bonds. The van der Waals surface area contributed by atoms with Gasteiger partial charge in [0.2, 0.25) is 5.91 Å². The molecule has 1 unspecified atom stereocenters. The zero-order valence-corrected chi connectivity index (χ0v) is 15.6. The summed E-state index contributed by atoms with van der Waals surface area (Å²) in [4.78, 5) is 12.3. The van der Waals surface area contributed by atoms with Crippen molar-refractivity contribution in [2.75, 3.05) is 18.4 Å². The molecule has 1 aliphatic rings. The molecule has 3 rings (SSSR count). The van der Waals surface area contributed by atoms with E-state index in [9.17, 15) is 13.2 Å². The Morgan fingerprint density at radius 3 is 2.38 bits per heavy atom. The third-order valence-electron chi connectivity index (χ3n) is 4.74. The SMILES string of the molecule is CC(C(=O)Nc1cccc(CS(=O)(=O)Cc2ccccc2)c1)C1CNC1. The highest BCUT2D eigenvalue weighted by atomic mass is 32.2. The number of anilines is 1. The Morgan fingerprint density at radius 1 is 1.08 bits per heavy atom. The molecule has 2 aromatic carbocycles. The van der Waals surface area contributed by atoms with Gasteiger partial charge in [-0.15, -0.1) is 0 Å². The minimum atomic E-state index is -3.28. The predicted octanol–water partition coefficient (Wildman–Crippen LogP) is 2.60. The number of hydrogen-bond acceptors (Lipinski definition) is 4. The maximum absolute atomic E-state index is 12.5. The largest absolute Gasteiger partial charge is 0.326 e. The topological polar surface area (TPSA) is 75.3 Å². The Bertz CT molecular complexity index is 862. The van der Waals surface area contributed by atoms with Crippen molar-refractivity contribution in [2.24, 2.45) is 11.8 Å². The van der Waals surface area contributed by atoms with E-state index in [1.54, 1.807) is 24.3 Å². The summed E-state index contributed by atoms with van der Waals surface area (Å²) in [7, 11) is -3.28. The van der Waals surface area contributed by atoms with E-state index >= 15 is 0 Å². The van der Waals surface area contributed by atoms with Crippen molar-refractivity contribution < 1.29 is 13.2 Å². The average Bonchev–Trinajstić information content (AvgIpc) is 2.53. The lowest BCUT2D eigenvalue weighted by Gasteiger charge is -2.31. The van der Waals surface area contributed by atoms with Gasteiger partial charge in [-0.1, -0.05) is 49.4 Å². The smallest absolute Gasteiger partial charge is 0.227 e. The quantitative estimate of drug-likeness (QED) is 0.783. The highest BCUT2D eigenvalue weighted by molar-refractivity contribution is 7.89. The summed E-state index contributed by atoms with van der Waals surface area (Å²) >= 11 is 0. The van der Waals surface area contributed by atoms with Crippen LogP contribution in [0.1, 0.15) is 18.1 Å². The van der Waals surface area contributed by atoms with Gasteiger partial charge in [-0.2, -0.15) is 0 Å². The first-order valence-electron chi connectivity index (χ1n) is 8.78. The molecule has 0 radical (unpaired) electrons. The molecule has 5 nitrogen and oxygen atoms in total. The second-order valence-corrected chi connectivity index (χ2v) is 8.98. The van der Waals surface area contributed by atoms with Gasteiger partial charge in [0.05, 0.1) is 11.5 Å². The lowest BCUT2D eigenvalue weighted by Crippen LogP contribution is -2.48. The van der Waals surface area contributed by atoms with Gasteiger partial charge < -0.3 is 10.6 Å². The Labute approximate surface area is 154 Å². The van der Waals surface area contributed by atoms with Crippen molar-refractivity contribution in [3.63, 3.8) is 0 Å². The molecule has 6 heteroatoms. The summed E-state index contributed by atoms with van der Waals surface area (Å²) in [5, 5.41) is 6.07. The van der Waals surface area contributed by atoms with E-state index in [0.29, 0.717) is 17.2 Å². The Kier molecular flexibility index (Phi) is 5.74. The van der Waals surface area contributed by atoms with Crippen LogP contribution >= 0.6 is 0 Å².